The second-order valence-corrected chi connectivity index (χ2v) is 8.52. The summed E-state index contributed by atoms with van der Waals surface area (Å²) in [6.07, 6.45) is 0.167. The number of benzene rings is 2. The van der Waals surface area contributed by atoms with Gasteiger partial charge in [0.05, 0.1) is 24.2 Å². The van der Waals surface area contributed by atoms with Crippen molar-refractivity contribution in [1.29, 1.82) is 0 Å². The number of nitrogens with zero attached hydrogens (tertiary/aromatic N) is 1. The van der Waals surface area contributed by atoms with Crippen molar-refractivity contribution in [3.05, 3.63) is 59.7 Å². The van der Waals surface area contributed by atoms with E-state index in [1.54, 1.807) is 0 Å². The molecule has 6 nitrogen and oxygen atoms in total. The van der Waals surface area contributed by atoms with E-state index in [1.165, 1.54) is 17.3 Å². The van der Waals surface area contributed by atoms with Gasteiger partial charge in [0.2, 0.25) is 11.8 Å². The zero-order chi connectivity index (χ0) is 20.1. The molecule has 2 heterocycles. The molecule has 4 rings (SSSR count). The fourth-order valence-electron chi connectivity index (χ4n) is 3.45. The molecular formula is C22H25N3O3S. The molecule has 1 saturated heterocycles. The molecule has 2 aliphatic rings. The van der Waals surface area contributed by atoms with Crippen molar-refractivity contribution in [3.8, 4) is 0 Å². The van der Waals surface area contributed by atoms with Crippen LogP contribution in [0.2, 0.25) is 0 Å². The van der Waals surface area contributed by atoms with Gasteiger partial charge in [-0.15, -0.1) is 11.8 Å². The molecule has 0 aliphatic carbocycles. The molecule has 7 heteroatoms. The number of amides is 2. The van der Waals surface area contributed by atoms with Crippen molar-refractivity contribution in [2.75, 3.05) is 31.6 Å². The van der Waals surface area contributed by atoms with Gasteiger partial charge in [-0.05, 0) is 23.3 Å². The third-order valence-electron chi connectivity index (χ3n) is 5.10. The zero-order valence-electron chi connectivity index (χ0n) is 16.2. The lowest BCUT2D eigenvalue weighted by atomic mass is 10.1. The normalized spacial score (nSPS) is 19.3. The van der Waals surface area contributed by atoms with Gasteiger partial charge in [0.25, 0.3) is 0 Å². The van der Waals surface area contributed by atoms with Crippen molar-refractivity contribution in [3.63, 3.8) is 0 Å². The Labute approximate surface area is 175 Å². The fourth-order valence-corrected chi connectivity index (χ4v) is 4.56. The molecule has 29 heavy (non-hydrogen) atoms. The topological polar surface area (TPSA) is 70.7 Å². The van der Waals surface area contributed by atoms with Gasteiger partial charge < -0.3 is 15.4 Å². The molecule has 2 aliphatic heterocycles. The van der Waals surface area contributed by atoms with E-state index in [9.17, 15) is 9.59 Å². The van der Waals surface area contributed by atoms with Gasteiger partial charge in [-0.1, -0.05) is 36.4 Å². The number of ether oxygens (including phenoxy) is 1. The number of hydrogen-bond acceptors (Lipinski definition) is 5. The van der Waals surface area contributed by atoms with E-state index in [4.69, 9.17) is 4.74 Å². The second-order valence-electron chi connectivity index (χ2n) is 7.28. The molecule has 0 saturated carbocycles. The average molecular weight is 412 g/mol. The van der Waals surface area contributed by atoms with E-state index in [-0.39, 0.29) is 18.2 Å². The molecular weight excluding hydrogens is 386 g/mol. The van der Waals surface area contributed by atoms with Gasteiger partial charge in [0.1, 0.15) is 0 Å². The standard InChI is InChI=1S/C22H25N3O3S/c26-21(13-20-22(27)24-18-3-1-2-4-19(18)29-20)23-14-16-5-7-17(8-6-16)15-25-9-11-28-12-10-25/h1-8,20H,9-15H2,(H,23,26)(H,24,27). The first kappa shape index (κ1) is 19.9. The molecule has 0 spiro atoms. The second kappa shape index (κ2) is 9.43. The molecule has 0 aromatic heterocycles. The fraction of sp³-hybridized carbons (Fsp3) is 0.364. The lowest BCUT2D eigenvalue weighted by Crippen LogP contribution is -2.35. The van der Waals surface area contributed by atoms with Crippen LogP contribution in [0.5, 0.6) is 0 Å². The molecule has 2 aromatic rings. The van der Waals surface area contributed by atoms with Crippen LogP contribution in [0.25, 0.3) is 0 Å². The van der Waals surface area contributed by atoms with Crippen LogP contribution < -0.4 is 10.6 Å². The molecule has 1 unspecified atom stereocenters. The zero-order valence-corrected chi connectivity index (χ0v) is 17.0. The van der Waals surface area contributed by atoms with E-state index in [1.807, 2.05) is 36.4 Å². The van der Waals surface area contributed by atoms with Gasteiger partial charge in [-0.25, -0.2) is 0 Å². The highest BCUT2D eigenvalue weighted by Gasteiger charge is 2.28. The highest BCUT2D eigenvalue weighted by atomic mass is 32.2. The first-order valence-corrected chi connectivity index (χ1v) is 10.8. The van der Waals surface area contributed by atoms with Gasteiger partial charge >= 0.3 is 0 Å². The number of morpholine rings is 1. The summed E-state index contributed by atoms with van der Waals surface area (Å²) in [4.78, 5) is 28.0. The average Bonchev–Trinajstić information content (AvgIpc) is 2.74. The summed E-state index contributed by atoms with van der Waals surface area (Å²) in [7, 11) is 0. The molecule has 1 fully saturated rings. The minimum absolute atomic E-state index is 0.115. The number of carbonyl (C=O) groups excluding carboxylic acids is 2. The van der Waals surface area contributed by atoms with Crippen LogP contribution in [0, 0.1) is 0 Å². The number of thioether (sulfide) groups is 1. The molecule has 2 aromatic carbocycles. The highest BCUT2D eigenvalue weighted by molar-refractivity contribution is 8.01. The number of anilines is 1. The third kappa shape index (κ3) is 5.38. The van der Waals surface area contributed by atoms with Crippen molar-refractivity contribution in [1.82, 2.24) is 10.2 Å². The molecule has 0 radical (unpaired) electrons. The lowest BCUT2D eigenvalue weighted by Gasteiger charge is -2.26. The summed E-state index contributed by atoms with van der Waals surface area (Å²) in [5, 5.41) is 5.41. The van der Waals surface area contributed by atoms with Crippen LogP contribution in [-0.2, 0) is 27.4 Å². The number of hydrogen-bond donors (Lipinski definition) is 2. The van der Waals surface area contributed by atoms with Crippen LogP contribution in [0.15, 0.2) is 53.4 Å². The number of nitrogens with one attached hydrogen (secondary N) is 2. The Balaban J connectivity index is 1.25. The van der Waals surface area contributed by atoms with Crippen LogP contribution in [0.4, 0.5) is 5.69 Å². The number of fused-ring (bicyclic) bond motifs is 1. The van der Waals surface area contributed by atoms with Crippen LogP contribution in [0.3, 0.4) is 0 Å². The largest absolute Gasteiger partial charge is 0.379 e. The van der Waals surface area contributed by atoms with E-state index < -0.39 is 5.25 Å². The predicted octanol–water partition coefficient (Wildman–Crippen LogP) is 2.64. The van der Waals surface area contributed by atoms with Gasteiger partial charge in [0.15, 0.2) is 0 Å². The summed E-state index contributed by atoms with van der Waals surface area (Å²) in [6, 6.07) is 16.0. The SMILES string of the molecule is O=C(CC1Sc2ccccc2NC1=O)NCc1ccc(CN2CCOCC2)cc1. The molecule has 152 valence electrons. The smallest absolute Gasteiger partial charge is 0.238 e. The maximum absolute atomic E-state index is 12.3. The Bertz CT molecular complexity index is 866. The Morgan fingerprint density at radius 3 is 2.62 bits per heavy atom. The monoisotopic (exact) mass is 411 g/mol. The van der Waals surface area contributed by atoms with E-state index in [0.717, 1.165) is 49.0 Å². The van der Waals surface area contributed by atoms with Crippen LogP contribution >= 0.6 is 11.8 Å². The minimum atomic E-state index is -0.402. The molecule has 2 amide bonds. The minimum Gasteiger partial charge on any atom is -0.379 e. The summed E-state index contributed by atoms with van der Waals surface area (Å²) in [5.74, 6) is -0.231. The Kier molecular flexibility index (Phi) is 6.49. The van der Waals surface area contributed by atoms with Crippen LogP contribution in [-0.4, -0.2) is 48.3 Å². The van der Waals surface area contributed by atoms with Crippen LogP contribution in [0.1, 0.15) is 17.5 Å². The predicted molar refractivity (Wildman–Crippen MR) is 114 cm³/mol. The molecule has 2 N–H and O–H groups in total. The first-order chi connectivity index (χ1) is 14.2. The summed E-state index contributed by atoms with van der Waals surface area (Å²) in [6.45, 7) is 4.92. The molecule has 1 atom stereocenters. The van der Waals surface area contributed by atoms with Gasteiger partial charge in [0, 0.05) is 37.5 Å². The van der Waals surface area contributed by atoms with E-state index in [2.05, 4.69) is 27.7 Å². The number of para-hydroxylation sites is 1. The quantitative estimate of drug-likeness (QED) is 0.765. The van der Waals surface area contributed by atoms with E-state index in [0.29, 0.717) is 6.54 Å². The Hall–Kier alpha value is -2.35. The van der Waals surface area contributed by atoms with Crippen molar-refractivity contribution in [2.24, 2.45) is 0 Å². The first-order valence-electron chi connectivity index (χ1n) is 9.88. The Morgan fingerprint density at radius 2 is 1.83 bits per heavy atom. The van der Waals surface area contributed by atoms with Gasteiger partial charge in [-0.3, -0.25) is 14.5 Å². The highest BCUT2D eigenvalue weighted by Crippen LogP contribution is 2.36. The maximum Gasteiger partial charge on any atom is 0.238 e. The third-order valence-corrected chi connectivity index (χ3v) is 6.38. The van der Waals surface area contributed by atoms with Crippen molar-refractivity contribution >= 4 is 29.3 Å². The van der Waals surface area contributed by atoms with E-state index >= 15 is 0 Å². The van der Waals surface area contributed by atoms with Crippen molar-refractivity contribution < 1.29 is 14.3 Å². The maximum atomic E-state index is 12.3. The Morgan fingerprint density at radius 1 is 1.10 bits per heavy atom. The summed E-state index contributed by atoms with van der Waals surface area (Å²) < 4.78 is 5.38. The van der Waals surface area contributed by atoms with Gasteiger partial charge in [-0.2, -0.15) is 0 Å². The summed E-state index contributed by atoms with van der Waals surface area (Å²) in [5.41, 5.74) is 3.13. The van der Waals surface area contributed by atoms with Crippen molar-refractivity contribution in [2.45, 2.75) is 29.7 Å². The number of carbonyl (C=O) groups is 2. The molecule has 0 bridgehead atoms. The summed E-state index contributed by atoms with van der Waals surface area (Å²) >= 11 is 1.45. The lowest BCUT2D eigenvalue weighted by molar-refractivity contribution is -0.124. The number of rotatable bonds is 6.